The summed E-state index contributed by atoms with van der Waals surface area (Å²) in [4.78, 5) is 28.8. The number of amides is 2. The molecular formula is C31H36ClN3O5S. The lowest BCUT2D eigenvalue weighted by atomic mass is 10.1. The van der Waals surface area contributed by atoms with E-state index >= 15 is 0 Å². The molecule has 2 amide bonds. The predicted molar refractivity (Wildman–Crippen MR) is 161 cm³/mol. The number of aryl methyl sites for hydroxylation is 1. The summed E-state index contributed by atoms with van der Waals surface area (Å²) < 4.78 is 34.1. The van der Waals surface area contributed by atoms with Crippen LogP contribution in [0.15, 0.2) is 77.7 Å². The fraction of sp³-hybridized carbons (Fsp3) is 0.355. The van der Waals surface area contributed by atoms with Crippen molar-refractivity contribution in [1.29, 1.82) is 0 Å². The Hall–Kier alpha value is -3.56. The average molecular weight is 598 g/mol. The second-order valence-electron chi connectivity index (χ2n) is 10.3. The minimum atomic E-state index is -4.20. The number of ether oxygens (including phenoxy) is 1. The Labute approximate surface area is 247 Å². The van der Waals surface area contributed by atoms with Crippen LogP contribution in [0.2, 0.25) is 5.02 Å². The summed E-state index contributed by atoms with van der Waals surface area (Å²) in [6.45, 7) is 3.27. The number of rotatable bonds is 11. The van der Waals surface area contributed by atoms with E-state index in [1.54, 1.807) is 37.3 Å². The molecule has 218 valence electrons. The first-order chi connectivity index (χ1) is 19.6. The number of hydrogen-bond donors (Lipinski definition) is 1. The number of nitrogens with one attached hydrogen (secondary N) is 1. The number of hydrogen-bond acceptors (Lipinski definition) is 5. The van der Waals surface area contributed by atoms with Gasteiger partial charge in [0.05, 0.1) is 17.7 Å². The van der Waals surface area contributed by atoms with E-state index in [0.29, 0.717) is 10.8 Å². The molecule has 1 saturated carbocycles. The van der Waals surface area contributed by atoms with Gasteiger partial charge in [0.1, 0.15) is 18.3 Å². The Morgan fingerprint density at radius 2 is 1.68 bits per heavy atom. The normalized spacial score (nSPS) is 14.3. The predicted octanol–water partition coefficient (Wildman–Crippen LogP) is 5.33. The Bertz CT molecular complexity index is 1460. The van der Waals surface area contributed by atoms with Crippen LogP contribution >= 0.6 is 11.6 Å². The highest BCUT2D eigenvalue weighted by Crippen LogP contribution is 2.28. The standard InChI is InChI=1S/C31H36ClN3O5S/c1-22-11-13-24(14-12-22)20-34(23(2)31(37)33-26-8-4-5-9-26)30(36)21-35(27-10-6-7-25(32)19-27)41(38,39)29-17-15-28(40-3)16-18-29/h6-7,10-19,23,26H,4-5,8-9,20-21H2,1-3H3,(H,33,37)/t23-/m1/s1. The number of methoxy groups -OCH3 is 1. The molecule has 1 aliphatic carbocycles. The smallest absolute Gasteiger partial charge is 0.264 e. The first-order valence-electron chi connectivity index (χ1n) is 13.7. The number of nitrogens with zero attached hydrogens (tertiary/aromatic N) is 2. The number of sulfonamides is 1. The quantitative estimate of drug-likeness (QED) is 0.322. The molecule has 3 aromatic carbocycles. The Morgan fingerprint density at radius 1 is 1.02 bits per heavy atom. The minimum Gasteiger partial charge on any atom is -0.497 e. The number of carbonyl (C=O) groups is 2. The molecule has 41 heavy (non-hydrogen) atoms. The van der Waals surface area contributed by atoms with Crippen LogP contribution in [0.1, 0.15) is 43.7 Å². The summed E-state index contributed by atoms with van der Waals surface area (Å²) >= 11 is 6.23. The Balaban J connectivity index is 1.68. The van der Waals surface area contributed by atoms with Crippen molar-refractivity contribution in [3.8, 4) is 5.75 Å². The summed E-state index contributed by atoms with van der Waals surface area (Å²) in [6, 6.07) is 19.2. The minimum absolute atomic E-state index is 0.0109. The van der Waals surface area contributed by atoms with Crippen LogP contribution in [0, 0.1) is 6.92 Å². The number of anilines is 1. The second-order valence-corrected chi connectivity index (χ2v) is 12.6. The van der Waals surface area contributed by atoms with E-state index in [1.807, 2.05) is 31.2 Å². The van der Waals surface area contributed by atoms with Gasteiger partial charge in [0.15, 0.2) is 0 Å². The topological polar surface area (TPSA) is 96.0 Å². The summed E-state index contributed by atoms with van der Waals surface area (Å²) in [6.07, 6.45) is 3.94. The highest BCUT2D eigenvalue weighted by atomic mass is 35.5. The third-order valence-corrected chi connectivity index (χ3v) is 9.39. The van der Waals surface area contributed by atoms with Gasteiger partial charge in [0.2, 0.25) is 11.8 Å². The lowest BCUT2D eigenvalue weighted by Crippen LogP contribution is -2.52. The molecule has 3 aromatic rings. The zero-order valence-electron chi connectivity index (χ0n) is 23.5. The van der Waals surface area contributed by atoms with E-state index in [-0.39, 0.29) is 29.1 Å². The molecule has 0 bridgehead atoms. The zero-order chi connectivity index (χ0) is 29.6. The Kier molecular flexibility index (Phi) is 9.94. The summed E-state index contributed by atoms with van der Waals surface area (Å²) in [5, 5.41) is 3.40. The second kappa shape index (κ2) is 13.4. The van der Waals surface area contributed by atoms with Crippen LogP contribution in [0.3, 0.4) is 0 Å². The van der Waals surface area contributed by atoms with Crippen LogP contribution in [-0.2, 0) is 26.2 Å². The molecule has 0 heterocycles. The van der Waals surface area contributed by atoms with Crippen LogP contribution in [-0.4, -0.2) is 50.9 Å². The summed E-state index contributed by atoms with van der Waals surface area (Å²) in [7, 11) is -2.70. The number of halogens is 1. The molecule has 1 fully saturated rings. The maximum atomic E-state index is 14.0. The number of carbonyl (C=O) groups excluding carboxylic acids is 2. The van der Waals surface area contributed by atoms with Crippen molar-refractivity contribution in [3.63, 3.8) is 0 Å². The molecule has 0 spiro atoms. The van der Waals surface area contributed by atoms with Gasteiger partial charge in [-0.15, -0.1) is 0 Å². The van der Waals surface area contributed by atoms with E-state index in [9.17, 15) is 18.0 Å². The van der Waals surface area contributed by atoms with Crippen LogP contribution in [0.5, 0.6) is 5.75 Å². The van der Waals surface area contributed by atoms with Crippen molar-refractivity contribution in [1.82, 2.24) is 10.2 Å². The molecule has 0 saturated heterocycles. The highest BCUT2D eigenvalue weighted by Gasteiger charge is 2.33. The molecule has 1 N–H and O–H groups in total. The van der Waals surface area contributed by atoms with Gasteiger partial charge in [-0.05, 0) is 74.7 Å². The largest absolute Gasteiger partial charge is 0.497 e. The van der Waals surface area contributed by atoms with Gasteiger partial charge in [-0.1, -0.05) is 60.3 Å². The third-order valence-electron chi connectivity index (χ3n) is 7.36. The summed E-state index contributed by atoms with van der Waals surface area (Å²) in [5.74, 6) is -0.276. The first kappa shape index (κ1) is 30.4. The van der Waals surface area contributed by atoms with E-state index in [2.05, 4.69) is 5.32 Å². The first-order valence-corrected chi connectivity index (χ1v) is 15.5. The molecular weight excluding hydrogens is 562 g/mol. The van der Waals surface area contributed by atoms with E-state index < -0.39 is 28.5 Å². The summed E-state index contributed by atoms with van der Waals surface area (Å²) in [5.41, 5.74) is 2.13. The van der Waals surface area contributed by atoms with Crippen molar-refractivity contribution in [2.75, 3.05) is 18.0 Å². The van der Waals surface area contributed by atoms with Crippen molar-refractivity contribution in [2.24, 2.45) is 0 Å². The maximum absolute atomic E-state index is 14.0. The zero-order valence-corrected chi connectivity index (χ0v) is 25.1. The van der Waals surface area contributed by atoms with Gasteiger partial charge in [-0.3, -0.25) is 13.9 Å². The van der Waals surface area contributed by atoms with Gasteiger partial charge >= 0.3 is 0 Å². The SMILES string of the molecule is COc1ccc(S(=O)(=O)N(CC(=O)N(Cc2ccc(C)cc2)[C@H](C)C(=O)NC2CCCC2)c2cccc(Cl)c2)cc1. The fourth-order valence-electron chi connectivity index (χ4n) is 4.90. The van der Waals surface area contributed by atoms with E-state index in [4.69, 9.17) is 16.3 Å². The van der Waals surface area contributed by atoms with Gasteiger partial charge in [0, 0.05) is 17.6 Å². The molecule has 4 rings (SSSR count). The molecule has 1 aliphatic rings. The fourth-order valence-corrected chi connectivity index (χ4v) is 6.49. The molecule has 0 aliphatic heterocycles. The van der Waals surface area contributed by atoms with Crippen molar-refractivity contribution in [2.45, 2.75) is 63.1 Å². The van der Waals surface area contributed by atoms with Crippen LogP contribution < -0.4 is 14.4 Å². The Morgan fingerprint density at radius 3 is 2.29 bits per heavy atom. The van der Waals surface area contributed by atoms with E-state index in [1.165, 1.54) is 30.2 Å². The van der Waals surface area contributed by atoms with Gasteiger partial charge in [0.25, 0.3) is 10.0 Å². The lowest BCUT2D eigenvalue weighted by molar-refractivity contribution is -0.139. The molecule has 0 radical (unpaired) electrons. The van der Waals surface area contributed by atoms with E-state index in [0.717, 1.165) is 41.1 Å². The number of benzene rings is 3. The lowest BCUT2D eigenvalue weighted by Gasteiger charge is -2.32. The van der Waals surface area contributed by atoms with Crippen molar-refractivity contribution >= 4 is 39.1 Å². The van der Waals surface area contributed by atoms with Crippen molar-refractivity contribution in [3.05, 3.63) is 88.9 Å². The molecule has 0 aromatic heterocycles. The van der Waals surface area contributed by atoms with Gasteiger partial charge < -0.3 is 15.0 Å². The van der Waals surface area contributed by atoms with Crippen molar-refractivity contribution < 1.29 is 22.7 Å². The molecule has 8 nitrogen and oxygen atoms in total. The monoisotopic (exact) mass is 597 g/mol. The maximum Gasteiger partial charge on any atom is 0.264 e. The molecule has 10 heteroatoms. The average Bonchev–Trinajstić information content (AvgIpc) is 3.48. The highest BCUT2D eigenvalue weighted by molar-refractivity contribution is 7.92. The van der Waals surface area contributed by atoms with Crippen LogP contribution in [0.25, 0.3) is 0 Å². The molecule has 1 atom stereocenters. The van der Waals surface area contributed by atoms with Crippen LogP contribution in [0.4, 0.5) is 5.69 Å². The third kappa shape index (κ3) is 7.59. The molecule has 0 unspecified atom stereocenters. The van der Waals surface area contributed by atoms with Gasteiger partial charge in [-0.25, -0.2) is 8.42 Å². The van der Waals surface area contributed by atoms with Gasteiger partial charge in [-0.2, -0.15) is 0 Å².